The van der Waals surface area contributed by atoms with Crippen molar-refractivity contribution in [1.82, 2.24) is 15.3 Å². The molecule has 0 saturated carbocycles. The first-order valence-corrected chi connectivity index (χ1v) is 7.60. The Morgan fingerprint density at radius 2 is 2.19 bits per heavy atom. The molecule has 112 valence electrons. The molecule has 4 rings (SSSR count). The number of alkyl halides is 3. The molecule has 0 aliphatic carbocycles. The summed E-state index contributed by atoms with van der Waals surface area (Å²) in [7, 11) is 0. The molecule has 0 aromatic carbocycles. The molecule has 4 heterocycles. The standard InChI is InChI=1S/C13H13F3N4S/c14-13(15,16)2-8-1-9-11(18-6-19-12(9)21-8)20-4-7-3-17-10(7)5-20/h1,6-7,10,17H,2-5H2/t7-,10+/m1/s1. The minimum Gasteiger partial charge on any atom is -0.354 e. The summed E-state index contributed by atoms with van der Waals surface area (Å²) in [6.45, 7) is 2.79. The maximum atomic E-state index is 12.5. The number of anilines is 1. The Morgan fingerprint density at radius 3 is 2.81 bits per heavy atom. The summed E-state index contributed by atoms with van der Waals surface area (Å²) in [5.74, 6) is 1.39. The second kappa shape index (κ2) is 4.54. The fraction of sp³-hybridized carbons (Fsp3) is 0.538. The number of halogens is 3. The first-order chi connectivity index (χ1) is 9.99. The molecule has 2 atom stereocenters. The minimum absolute atomic E-state index is 0.291. The average molecular weight is 314 g/mol. The van der Waals surface area contributed by atoms with Gasteiger partial charge in [0.25, 0.3) is 0 Å². The number of hydrogen-bond donors (Lipinski definition) is 1. The van der Waals surface area contributed by atoms with Gasteiger partial charge in [-0.1, -0.05) is 0 Å². The molecule has 0 spiro atoms. The number of thiophene rings is 1. The van der Waals surface area contributed by atoms with Crippen LogP contribution in [-0.4, -0.2) is 41.8 Å². The van der Waals surface area contributed by atoms with Crippen LogP contribution in [0.15, 0.2) is 12.4 Å². The molecule has 0 unspecified atom stereocenters. The fourth-order valence-electron chi connectivity index (χ4n) is 3.05. The number of aromatic nitrogens is 2. The molecule has 0 amide bonds. The summed E-state index contributed by atoms with van der Waals surface area (Å²) in [6, 6.07) is 2.08. The van der Waals surface area contributed by atoms with Crippen LogP contribution in [0.1, 0.15) is 4.88 Å². The first kappa shape index (κ1) is 13.3. The summed E-state index contributed by atoms with van der Waals surface area (Å²) in [4.78, 5) is 11.5. The van der Waals surface area contributed by atoms with Crippen molar-refractivity contribution in [2.75, 3.05) is 24.5 Å². The Bertz CT molecular complexity index is 672. The van der Waals surface area contributed by atoms with E-state index in [2.05, 4.69) is 20.2 Å². The summed E-state index contributed by atoms with van der Waals surface area (Å²) in [5.41, 5.74) is 0. The fourth-order valence-corrected chi connectivity index (χ4v) is 4.08. The number of hydrogen-bond acceptors (Lipinski definition) is 5. The normalized spacial score (nSPS) is 25.2. The van der Waals surface area contributed by atoms with Gasteiger partial charge in [-0.3, -0.25) is 0 Å². The molecule has 2 aliphatic rings. The first-order valence-electron chi connectivity index (χ1n) is 6.78. The zero-order chi connectivity index (χ0) is 14.6. The van der Waals surface area contributed by atoms with Gasteiger partial charge in [0.2, 0.25) is 0 Å². The topological polar surface area (TPSA) is 41.0 Å². The van der Waals surface area contributed by atoms with Gasteiger partial charge in [0, 0.05) is 36.5 Å². The molecule has 0 radical (unpaired) electrons. The second-order valence-electron chi connectivity index (χ2n) is 5.60. The molecular formula is C13H13F3N4S. The largest absolute Gasteiger partial charge is 0.393 e. The van der Waals surface area contributed by atoms with Gasteiger partial charge in [-0.25, -0.2) is 9.97 Å². The minimum atomic E-state index is -4.19. The third-order valence-electron chi connectivity index (χ3n) is 4.12. The average Bonchev–Trinajstić information content (AvgIpc) is 2.88. The van der Waals surface area contributed by atoms with Crippen LogP contribution in [-0.2, 0) is 6.42 Å². The van der Waals surface area contributed by atoms with Gasteiger partial charge in [0.15, 0.2) is 0 Å². The summed E-state index contributed by atoms with van der Waals surface area (Å²) < 4.78 is 37.6. The number of nitrogens with one attached hydrogen (secondary N) is 1. The predicted molar refractivity (Wildman–Crippen MR) is 74.7 cm³/mol. The van der Waals surface area contributed by atoms with Crippen molar-refractivity contribution in [2.45, 2.75) is 18.6 Å². The maximum Gasteiger partial charge on any atom is 0.393 e. The van der Waals surface area contributed by atoms with Crippen LogP contribution in [0.3, 0.4) is 0 Å². The van der Waals surface area contributed by atoms with Crippen LogP contribution >= 0.6 is 11.3 Å². The van der Waals surface area contributed by atoms with Gasteiger partial charge in [-0.15, -0.1) is 11.3 Å². The number of rotatable bonds is 2. The summed E-state index contributed by atoms with van der Waals surface area (Å²) >= 11 is 1.10. The number of nitrogens with zero attached hydrogens (tertiary/aromatic N) is 3. The van der Waals surface area contributed by atoms with Gasteiger partial charge in [0.1, 0.15) is 17.0 Å². The molecule has 2 aromatic heterocycles. The third-order valence-corrected chi connectivity index (χ3v) is 5.16. The van der Waals surface area contributed by atoms with Crippen LogP contribution in [0.25, 0.3) is 10.2 Å². The Hall–Kier alpha value is -1.41. The lowest BCUT2D eigenvalue weighted by Gasteiger charge is -2.29. The third kappa shape index (κ3) is 2.36. The highest BCUT2D eigenvalue weighted by molar-refractivity contribution is 7.18. The molecule has 8 heteroatoms. The highest BCUT2D eigenvalue weighted by Crippen LogP contribution is 2.36. The van der Waals surface area contributed by atoms with Crippen LogP contribution in [0, 0.1) is 5.92 Å². The van der Waals surface area contributed by atoms with Crippen molar-refractivity contribution in [1.29, 1.82) is 0 Å². The lowest BCUT2D eigenvalue weighted by Crippen LogP contribution is -2.51. The Kier molecular flexibility index (Phi) is 2.87. The molecule has 21 heavy (non-hydrogen) atoms. The van der Waals surface area contributed by atoms with Crippen LogP contribution in [0.2, 0.25) is 0 Å². The molecule has 2 fully saturated rings. The Balaban J connectivity index is 1.69. The quantitative estimate of drug-likeness (QED) is 0.923. The molecule has 2 aliphatic heterocycles. The second-order valence-corrected chi connectivity index (χ2v) is 6.72. The van der Waals surface area contributed by atoms with Crippen molar-refractivity contribution in [3.05, 3.63) is 17.3 Å². The van der Waals surface area contributed by atoms with Crippen LogP contribution < -0.4 is 10.2 Å². The molecule has 4 nitrogen and oxygen atoms in total. The molecule has 0 bridgehead atoms. The van der Waals surface area contributed by atoms with E-state index in [-0.39, 0.29) is 0 Å². The smallest absolute Gasteiger partial charge is 0.354 e. The van der Waals surface area contributed by atoms with Gasteiger partial charge in [-0.05, 0) is 6.07 Å². The summed E-state index contributed by atoms with van der Waals surface area (Å²) in [6.07, 6.45) is -3.65. The van der Waals surface area contributed by atoms with Crippen LogP contribution in [0.5, 0.6) is 0 Å². The maximum absolute atomic E-state index is 12.5. The predicted octanol–water partition coefficient (Wildman–Crippen LogP) is 2.20. The molecular weight excluding hydrogens is 301 g/mol. The van der Waals surface area contributed by atoms with E-state index in [0.717, 1.165) is 42.2 Å². The number of fused-ring (bicyclic) bond motifs is 2. The van der Waals surface area contributed by atoms with E-state index in [0.29, 0.717) is 21.7 Å². The van der Waals surface area contributed by atoms with Gasteiger partial charge in [-0.2, -0.15) is 13.2 Å². The SMILES string of the molecule is FC(F)(F)Cc1cc2c(N3C[C@H]4CN[C@H]4C3)ncnc2s1. The van der Waals surface area contributed by atoms with Gasteiger partial charge < -0.3 is 10.2 Å². The summed E-state index contributed by atoms with van der Waals surface area (Å²) in [5, 5.41) is 4.10. The zero-order valence-electron chi connectivity index (χ0n) is 11.0. The molecule has 2 saturated heterocycles. The van der Waals surface area contributed by atoms with Crippen molar-refractivity contribution < 1.29 is 13.2 Å². The van der Waals surface area contributed by atoms with Gasteiger partial charge >= 0.3 is 6.18 Å². The van der Waals surface area contributed by atoms with E-state index >= 15 is 0 Å². The van der Waals surface area contributed by atoms with E-state index in [1.807, 2.05) is 0 Å². The van der Waals surface area contributed by atoms with Crippen molar-refractivity contribution in [3.8, 4) is 0 Å². The monoisotopic (exact) mass is 314 g/mol. The highest BCUT2D eigenvalue weighted by Gasteiger charge is 2.40. The van der Waals surface area contributed by atoms with Crippen molar-refractivity contribution in [3.63, 3.8) is 0 Å². The van der Waals surface area contributed by atoms with Crippen molar-refractivity contribution >= 4 is 27.4 Å². The van der Waals surface area contributed by atoms with Crippen LogP contribution in [0.4, 0.5) is 19.0 Å². The van der Waals surface area contributed by atoms with E-state index in [4.69, 9.17) is 0 Å². The van der Waals surface area contributed by atoms with E-state index in [1.165, 1.54) is 6.33 Å². The lowest BCUT2D eigenvalue weighted by atomic mass is 9.96. The van der Waals surface area contributed by atoms with Crippen molar-refractivity contribution in [2.24, 2.45) is 5.92 Å². The van der Waals surface area contributed by atoms with E-state index < -0.39 is 12.6 Å². The van der Waals surface area contributed by atoms with E-state index in [9.17, 15) is 13.2 Å². The van der Waals surface area contributed by atoms with E-state index in [1.54, 1.807) is 6.07 Å². The molecule has 1 N–H and O–H groups in total. The zero-order valence-corrected chi connectivity index (χ0v) is 11.8. The van der Waals surface area contributed by atoms with Gasteiger partial charge in [0.05, 0.1) is 11.8 Å². The molecule has 2 aromatic rings. The lowest BCUT2D eigenvalue weighted by molar-refractivity contribution is -0.126. The Labute approximate surface area is 123 Å². The highest BCUT2D eigenvalue weighted by atomic mass is 32.1. The Morgan fingerprint density at radius 1 is 1.33 bits per heavy atom.